The number of rotatable bonds is 6. The average molecular weight is 329 g/mol. The van der Waals surface area contributed by atoms with E-state index in [4.69, 9.17) is 0 Å². The second-order valence-corrected chi connectivity index (χ2v) is 6.33. The number of likely N-dealkylation sites (tertiary alicyclic amines) is 1. The summed E-state index contributed by atoms with van der Waals surface area (Å²) >= 11 is 3.40. The Kier molecular flexibility index (Phi) is 5.79. The molecular weight excluding hydrogens is 307 g/mol. The van der Waals surface area contributed by atoms with E-state index in [0.29, 0.717) is 5.92 Å². The zero-order chi connectivity index (χ0) is 13.7. The van der Waals surface area contributed by atoms with Gasteiger partial charge in [0, 0.05) is 17.6 Å². The van der Waals surface area contributed by atoms with Gasteiger partial charge in [0.2, 0.25) is 0 Å². The van der Waals surface area contributed by atoms with Crippen LogP contribution in [0.25, 0.3) is 0 Å². The molecule has 1 atom stereocenters. The highest BCUT2D eigenvalue weighted by atomic mass is 79.9. The van der Waals surface area contributed by atoms with Crippen molar-refractivity contribution < 1.29 is 4.39 Å². The first kappa shape index (κ1) is 14.9. The standard InChI is InChI=1S/C15H22BrFN2/c1-12(11-19-6-2-3-7-19)9-18-10-13-4-5-14(17)8-15(13)16/h4-5,8,12,18H,2-3,6-7,9-11H2,1H3. The van der Waals surface area contributed by atoms with Crippen molar-refractivity contribution in [1.29, 1.82) is 0 Å². The Morgan fingerprint density at radius 3 is 2.79 bits per heavy atom. The molecule has 0 spiro atoms. The molecule has 2 nitrogen and oxygen atoms in total. The van der Waals surface area contributed by atoms with Crippen LogP contribution in [0, 0.1) is 11.7 Å². The summed E-state index contributed by atoms with van der Waals surface area (Å²) < 4.78 is 13.8. The first-order chi connectivity index (χ1) is 9.15. The fraction of sp³-hybridized carbons (Fsp3) is 0.600. The zero-order valence-electron chi connectivity index (χ0n) is 11.5. The van der Waals surface area contributed by atoms with E-state index in [1.165, 1.54) is 44.6 Å². The molecule has 1 N–H and O–H groups in total. The number of hydrogen-bond donors (Lipinski definition) is 1. The van der Waals surface area contributed by atoms with Gasteiger partial charge in [-0.3, -0.25) is 0 Å². The van der Waals surface area contributed by atoms with Gasteiger partial charge in [0.1, 0.15) is 5.82 Å². The van der Waals surface area contributed by atoms with E-state index in [0.717, 1.165) is 23.1 Å². The molecule has 1 aliphatic rings. The maximum absolute atomic E-state index is 13.0. The lowest BCUT2D eigenvalue weighted by atomic mass is 10.1. The van der Waals surface area contributed by atoms with Crippen molar-refractivity contribution in [2.24, 2.45) is 5.92 Å². The maximum atomic E-state index is 13.0. The Hall–Kier alpha value is -0.450. The number of benzene rings is 1. The zero-order valence-corrected chi connectivity index (χ0v) is 13.0. The van der Waals surface area contributed by atoms with Crippen LogP contribution in [0.3, 0.4) is 0 Å². The summed E-state index contributed by atoms with van der Waals surface area (Å²) in [5, 5.41) is 3.46. The van der Waals surface area contributed by atoms with Crippen molar-refractivity contribution in [2.45, 2.75) is 26.3 Å². The van der Waals surface area contributed by atoms with Crippen molar-refractivity contribution in [3.05, 3.63) is 34.1 Å². The minimum absolute atomic E-state index is 0.196. The Morgan fingerprint density at radius 1 is 1.37 bits per heavy atom. The number of hydrogen-bond acceptors (Lipinski definition) is 2. The molecule has 0 amide bonds. The van der Waals surface area contributed by atoms with Crippen LogP contribution in [-0.4, -0.2) is 31.1 Å². The quantitative estimate of drug-likeness (QED) is 0.860. The highest BCUT2D eigenvalue weighted by Gasteiger charge is 2.14. The lowest BCUT2D eigenvalue weighted by Gasteiger charge is -2.20. The van der Waals surface area contributed by atoms with Gasteiger partial charge in [-0.15, -0.1) is 0 Å². The van der Waals surface area contributed by atoms with Crippen molar-refractivity contribution in [3.63, 3.8) is 0 Å². The van der Waals surface area contributed by atoms with Crippen LogP contribution < -0.4 is 5.32 Å². The number of nitrogens with zero attached hydrogens (tertiary/aromatic N) is 1. The van der Waals surface area contributed by atoms with Gasteiger partial charge in [0.15, 0.2) is 0 Å². The van der Waals surface area contributed by atoms with Gasteiger partial charge in [-0.1, -0.05) is 28.9 Å². The van der Waals surface area contributed by atoms with Crippen LogP contribution >= 0.6 is 15.9 Å². The van der Waals surface area contributed by atoms with Crippen LogP contribution in [0.1, 0.15) is 25.3 Å². The minimum atomic E-state index is -0.196. The van der Waals surface area contributed by atoms with Crippen LogP contribution in [0.4, 0.5) is 4.39 Å². The highest BCUT2D eigenvalue weighted by molar-refractivity contribution is 9.10. The maximum Gasteiger partial charge on any atom is 0.124 e. The lowest BCUT2D eigenvalue weighted by molar-refractivity contribution is 0.282. The summed E-state index contributed by atoms with van der Waals surface area (Å²) in [5.74, 6) is 0.454. The van der Waals surface area contributed by atoms with Gasteiger partial charge in [0.25, 0.3) is 0 Å². The second kappa shape index (κ2) is 7.36. The van der Waals surface area contributed by atoms with Crippen LogP contribution in [-0.2, 0) is 6.54 Å². The molecule has 1 saturated heterocycles. The summed E-state index contributed by atoms with van der Waals surface area (Å²) in [5.41, 5.74) is 1.11. The van der Waals surface area contributed by atoms with Gasteiger partial charge in [-0.05, 0) is 56.1 Å². The van der Waals surface area contributed by atoms with E-state index in [2.05, 4.69) is 33.1 Å². The normalized spacial score (nSPS) is 17.8. The molecule has 0 radical (unpaired) electrons. The predicted octanol–water partition coefficient (Wildman–Crippen LogP) is 3.41. The third-order valence-electron chi connectivity index (χ3n) is 3.59. The molecule has 1 aromatic rings. The van der Waals surface area contributed by atoms with Crippen molar-refractivity contribution in [2.75, 3.05) is 26.2 Å². The van der Waals surface area contributed by atoms with Crippen molar-refractivity contribution in [1.82, 2.24) is 10.2 Å². The number of halogens is 2. The molecule has 1 aromatic carbocycles. The van der Waals surface area contributed by atoms with Crippen LogP contribution in [0.15, 0.2) is 22.7 Å². The first-order valence-corrected chi connectivity index (χ1v) is 7.81. The van der Waals surface area contributed by atoms with Gasteiger partial charge in [-0.2, -0.15) is 0 Å². The molecule has 0 bridgehead atoms. The van der Waals surface area contributed by atoms with Crippen molar-refractivity contribution in [3.8, 4) is 0 Å². The molecule has 106 valence electrons. The molecule has 0 aliphatic carbocycles. The smallest absolute Gasteiger partial charge is 0.124 e. The van der Waals surface area contributed by atoms with E-state index in [1.807, 2.05) is 6.07 Å². The summed E-state index contributed by atoms with van der Waals surface area (Å²) in [6.07, 6.45) is 2.70. The predicted molar refractivity (Wildman–Crippen MR) is 80.6 cm³/mol. The highest BCUT2D eigenvalue weighted by Crippen LogP contribution is 2.17. The summed E-state index contributed by atoms with van der Waals surface area (Å²) in [6.45, 7) is 7.76. The summed E-state index contributed by atoms with van der Waals surface area (Å²) in [6, 6.07) is 4.86. The average Bonchev–Trinajstić information content (AvgIpc) is 2.84. The van der Waals surface area contributed by atoms with Gasteiger partial charge in [-0.25, -0.2) is 4.39 Å². The Morgan fingerprint density at radius 2 is 2.11 bits per heavy atom. The Bertz CT molecular complexity index is 405. The van der Waals surface area contributed by atoms with Crippen LogP contribution in [0.5, 0.6) is 0 Å². The van der Waals surface area contributed by atoms with E-state index < -0.39 is 0 Å². The molecule has 1 heterocycles. The number of nitrogens with one attached hydrogen (secondary N) is 1. The van der Waals surface area contributed by atoms with Crippen molar-refractivity contribution >= 4 is 15.9 Å². The molecule has 2 rings (SSSR count). The largest absolute Gasteiger partial charge is 0.312 e. The summed E-state index contributed by atoms with van der Waals surface area (Å²) in [7, 11) is 0. The molecule has 4 heteroatoms. The third-order valence-corrected chi connectivity index (χ3v) is 4.33. The van der Waals surface area contributed by atoms with E-state index >= 15 is 0 Å². The monoisotopic (exact) mass is 328 g/mol. The molecule has 1 fully saturated rings. The fourth-order valence-corrected chi connectivity index (χ4v) is 3.08. The topological polar surface area (TPSA) is 15.3 Å². The first-order valence-electron chi connectivity index (χ1n) is 7.02. The van der Waals surface area contributed by atoms with Gasteiger partial charge in [0.05, 0.1) is 0 Å². The lowest BCUT2D eigenvalue weighted by Crippen LogP contribution is -2.31. The third kappa shape index (κ3) is 4.86. The molecule has 1 unspecified atom stereocenters. The summed E-state index contributed by atoms with van der Waals surface area (Å²) in [4.78, 5) is 2.54. The van der Waals surface area contributed by atoms with Gasteiger partial charge >= 0.3 is 0 Å². The Labute approximate surface area is 123 Å². The molecular formula is C15H22BrFN2. The van der Waals surface area contributed by atoms with E-state index in [9.17, 15) is 4.39 Å². The molecule has 19 heavy (non-hydrogen) atoms. The Balaban J connectivity index is 1.70. The van der Waals surface area contributed by atoms with E-state index in [-0.39, 0.29) is 5.82 Å². The minimum Gasteiger partial charge on any atom is -0.312 e. The van der Waals surface area contributed by atoms with Gasteiger partial charge < -0.3 is 10.2 Å². The SMILES string of the molecule is CC(CNCc1ccc(F)cc1Br)CN1CCCC1. The van der Waals surface area contributed by atoms with Crippen LogP contribution in [0.2, 0.25) is 0 Å². The van der Waals surface area contributed by atoms with E-state index in [1.54, 1.807) is 0 Å². The molecule has 0 aromatic heterocycles. The molecule has 0 saturated carbocycles. The second-order valence-electron chi connectivity index (χ2n) is 5.48. The molecule has 1 aliphatic heterocycles. The fourth-order valence-electron chi connectivity index (χ4n) is 2.59.